The third-order valence-corrected chi connectivity index (χ3v) is 5.77. The molecule has 26 heavy (non-hydrogen) atoms. The van der Waals surface area contributed by atoms with Crippen molar-refractivity contribution in [3.05, 3.63) is 41.8 Å². The standard InChI is InChI=1S/C18H23ClN4O2Si/c1-26(2,3)9-8-24-12-23-7-6-14-15(10-16(19)22-18(14)23)25-13-4-5-17(20)21-11-13/h4-7,10-11H,8-9,12H2,1-3H3,(H2,20,21). The molecule has 3 aromatic heterocycles. The van der Waals surface area contributed by atoms with Gasteiger partial charge in [-0.25, -0.2) is 9.97 Å². The van der Waals surface area contributed by atoms with Crippen molar-refractivity contribution in [2.45, 2.75) is 32.4 Å². The van der Waals surface area contributed by atoms with Gasteiger partial charge in [0.05, 0.1) is 11.6 Å². The molecule has 138 valence electrons. The monoisotopic (exact) mass is 390 g/mol. The summed E-state index contributed by atoms with van der Waals surface area (Å²) in [4.78, 5) is 8.46. The Balaban J connectivity index is 1.78. The SMILES string of the molecule is C[Si](C)(C)CCOCn1ccc2c(Oc3ccc(N)nc3)cc(Cl)nc21. The number of ether oxygens (including phenoxy) is 2. The fourth-order valence-corrected chi connectivity index (χ4v) is 3.35. The van der Waals surface area contributed by atoms with Crippen molar-refractivity contribution in [1.82, 2.24) is 14.5 Å². The molecule has 0 aliphatic carbocycles. The lowest BCUT2D eigenvalue weighted by molar-refractivity contribution is 0.0899. The number of hydrogen-bond donors (Lipinski definition) is 1. The van der Waals surface area contributed by atoms with Crippen LogP contribution in [0.2, 0.25) is 30.8 Å². The molecule has 0 unspecified atom stereocenters. The molecule has 3 rings (SSSR count). The van der Waals surface area contributed by atoms with Crippen LogP contribution < -0.4 is 10.5 Å². The van der Waals surface area contributed by atoms with Crippen LogP contribution in [0.15, 0.2) is 36.7 Å². The molecule has 0 atom stereocenters. The van der Waals surface area contributed by atoms with Crippen LogP contribution in [0.25, 0.3) is 11.0 Å². The fourth-order valence-electron chi connectivity index (χ4n) is 2.41. The highest BCUT2D eigenvalue weighted by atomic mass is 35.5. The molecule has 0 saturated carbocycles. The maximum Gasteiger partial charge on any atom is 0.147 e. The van der Waals surface area contributed by atoms with E-state index in [1.54, 1.807) is 24.4 Å². The van der Waals surface area contributed by atoms with Gasteiger partial charge in [-0.3, -0.25) is 0 Å². The Morgan fingerprint density at radius 1 is 1.23 bits per heavy atom. The number of pyridine rings is 2. The molecule has 0 radical (unpaired) electrons. The van der Waals surface area contributed by atoms with Gasteiger partial charge in [-0.15, -0.1) is 0 Å². The molecule has 3 heterocycles. The van der Waals surface area contributed by atoms with Gasteiger partial charge in [-0.1, -0.05) is 31.2 Å². The second kappa shape index (κ2) is 7.65. The summed E-state index contributed by atoms with van der Waals surface area (Å²) in [6.07, 6.45) is 3.50. The molecule has 6 nitrogen and oxygen atoms in total. The number of nitrogens with zero attached hydrogens (tertiary/aromatic N) is 3. The zero-order valence-electron chi connectivity index (χ0n) is 15.2. The summed E-state index contributed by atoms with van der Waals surface area (Å²) in [5.74, 6) is 1.64. The predicted octanol–water partition coefficient (Wildman–Crippen LogP) is 4.77. The Labute approximate surface area is 158 Å². The largest absolute Gasteiger partial charge is 0.455 e. The zero-order chi connectivity index (χ0) is 18.7. The molecule has 8 heteroatoms. The van der Waals surface area contributed by atoms with Crippen LogP contribution in [0.4, 0.5) is 5.82 Å². The van der Waals surface area contributed by atoms with Gasteiger partial charge < -0.3 is 19.8 Å². The van der Waals surface area contributed by atoms with Crippen LogP contribution in [0.3, 0.4) is 0 Å². The van der Waals surface area contributed by atoms with E-state index in [-0.39, 0.29) is 0 Å². The van der Waals surface area contributed by atoms with E-state index in [0.717, 1.165) is 23.7 Å². The van der Waals surface area contributed by atoms with E-state index in [4.69, 9.17) is 26.8 Å². The van der Waals surface area contributed by atoms with Gasteiger partial charge in [0.25, 0.3) is 0 Å². The summed E-state index contributed by atoms with van der Waals surface area (Å²) in [5.41, 5.74) is 6.34. The molecule has 0 aliphatic heterocycles. The Kier molecular flexibility index (Phi) is 5.50. The maximum absolute atomic E-state index is 6.19. The Morgan fingerprint density at radius 2 is 2.04 bits per heavy atom. The number of aromatic nitrogens is 3. The van der Waals surface area contributed by atoms with E-state index >= 15 is 0 Å². The smallest absolute Gasteiger partial charge is 0.147 e. The van der Waals surface area contributed by atoms with E-state index in [1.165, 1.54) is 0 Å². The summed E-state index contributed by atoms with van der Waals surface area (Å²) in [5, 5.41) is 1.22. The molecule has 0 bridgehead atoms. The third kappa shape index (κ3) is 4.75. The molecule has 0 fully saturated rings. The first kappa shape index (κ1) is 18.7. The van der Waals surface area contributed by atoms with Gasteiger partial charge in [0.2, 0.25) is 0 Å². The van der Waals surface area contributed by atoms with E-state index in [2.05, 4.69) is 29.6 Å². The molecule has 0 aromatic carbocycles. The van der Waals surface area contributed by atoms with Crippen molar-refractivity contribution >= 4 is 36.5 Å². The van der Waals surface area contributed by atoms with Crippen molar-refractivity contribution in [2.75, 3.05) is 12.3 Å². The average Bonchev–Trinajstić information content (AvgIpc) is 2.96. The molecular weight excluding hydrogens is 368 g/mol. The highest BCUT2D eigenvalue weighted by Gasteiger charge is 2.14. The minimum Gasteiger partial charge on any atom is -0.455 e. The van der Waals surface area contributed by atoms with Crippen molar-refractivity contribution in [1.29, 1.82) is 0 Å². The molecule has 2 N–H and O–H groups in total. The number of anilines is 1. The fraction of sp³-hybridized carbons (Fsp3) is 0.333. The normalized spacial score (nSPS) is 11.8. The van der Waals surface area contributed by atoms with Gasteiger partial charge in [0, 0.05) is 26.9 Å². The summed E-state index contributed by atoms with van der Waals surface area (Å²) in [6.45, 7) is 8.18. The van der Waals surface area contributed by atoms with Gasteiger partial charge in [-0.05, 0) is 24.2 Å². The van der Waals surface area contributed by atoms with Gasteiger partial charge in [-0.2, -0.15) is 0 Å². The van der Waals surface area contributed by atoms with Crippen LogP contribution in [-0.2, 0) is 11.5 Å². The maximum atomic E-state index is 6.19. The molecule has 3 aromatic rings. The zero-order valence-corrected chi connectivity index (χ0v) is 17.0. The molecule has 0 spiro atoms. The van der Waals surface area contributed by atoms with E-state index in [1.807, 2.05) is 16.8 Å². The second-order valence-corrected chi connectivity index (χ2v) is 13.3. The number of nitrogens with two attached hydrogens (primary N) is 1. The molecule has 0 aliphatic rings. The Morgan fingerprint density at radius 3 is 2.73 bits per heavy atom. The van der Waals surface area contributed by atoms with Crippen LogP contribution in [0.5, 0.6) is 11.5 Å². The van der Waals surface area contributed by atoms with E-state index < -0.39 is 8.07 Å². The van der Waals surface area contributed by atoms with E-state index in [9.17, 15) is 0 Å². The summed E-state index contributed by atoms with van der Waals surface area (Å²) >= 11 is 6.19. The number of rotatable bonds is 7. The topological polar surface area (TPSA) is 75.2 Å². The van der Waals surface area contributed by atoms with Gasteiger partial charge >= 0.3 is 0 Å². The third-order valence-electron chi connectivity index (χ3n) is 3.88. The van der Waals surface area contributed by atoms with Crippen LogP contribution in [0.1, 0.15) is 0 Å². The second-order valence-electron chi connectivity index (χ2n) is 7.33. The lowest BCUT2D eigenvalue weighted by Gasteiger charge is -2.15. The highest BCUT2D eigenvalue weighted by molar-refractivity contribution is 6.76. The van der Waals surface area contributed by atoms with Crippen LogP contribution in [-0.4, -0.2) is 29.2 Å². The number of hydrogen-bond acceptors (Lipinski definition) is 5. The van der Waals surface area contributed by atoms with Crippen molar-refractivity contribution in [3.8, 4) is 11.5 Å². The van der Waals surface area contributed by atoms with E-state index in [0.29, 0.717) is 29.2 Å². The Bertz CT molecular complexity index is 891. The van der Waals surface area contributed by atoms with Gasteiger partial charge in [0.1, 0.15) is 34.8 Å². The van der Waals surface area contributed by atoms with Crippen LogP contribution >= 0.6 is 11.6 Å². The lowest BCUT2D eigenvalue weighted by atomic mass is 10.3. The summed E-state index contributed by atoms with van der Waals surface area (Å²) in [7, 11) is -1.10. The van der Waals surface area contributed by atoms with Crippen molar-refractivity contribution in [3.63, 3.8) is 0 Å². The van der Waals surface area contributed by atoms with Crippen molar-refractivity contribution in [2.24, 2.45) is 0 Å². The number of nitrogen functional groups attached to an aromatic ring is 1. The predicted molar refractivity (Wildman–Crippen MR) is 108 cm³/mol. The Hall–Kier alpha value is -2.09. The summed E-state index contributed by atoms with van der Waals surface area (Å²) in [6, 6.07) is 8.21. The molecular formula is C18H23ClN4O2Si. The minimum absolute atomic E-state index is 0.359. The quantitative estimate of drug-likeness (QED) is 0.357. The first-order chi connectivity index (χ1) is 12.3. The average molecular weight is 391 g/mol. The lowest BCUT2D eigenvalue weighted by Crippen LogP contribution is -2.22. The summed E-state index contributed by atoms with van der Waals surface area (Å²) < 4.78 is 13.7. The number of halogens is 1. The molecule has 0 saturated heterocycles. The highest BCUT2D eigenvalue weighted by Crippen LogP contribution is 2.32. The first-order valence-corrected chi connectivity index (χ1v) is 12.5. The minimum atomic E-state index is -1.10. The number of fused-ring (bicyclic) bond motifs is 1. The van der Waals surface area contributed by atoms with Gasteiger partial charge in [0.15, 0.2) is 0 Å². The molecule has 0 amide bonds. The van der Waals surface area contributed by atoms with Crippen LogP contribution in [0, 0.1) is 0 Å². The first-order valence-electron chi connectivity index (χ1n) is 8.44. The van der Waals surface area contributed by atoms with Crippen molar-refractivity contribution < 1.29 is 9.47 Å².